The van der Waals surface area contributed by atoms with Crippen LogP contribution in [0.15, 0.2) is 36.4 Å². The highest BCUT2D eigenvalue weighted by Crippen LogP contribution is 2.52. The van der Waals surface area contributed by atoms with Crippen molar-refractivity contribution in [2.75, 3.05) is 19.3 Å². The van der Waals surface area contributed by atoms with Crippen LogP contribution in [0.25, 0.3) is 11.1 Å². The average molecular weight is 452 g/mol. The average Bonchev–Trinajstić information content (AvgIpc) is 3.46. The summed E-state index contributed by atoms with van der Waals surface area (Å²) in [5, 5.41) is 0. The van der Waals surface area contributed by atoms with Crippen LogP contribution in [0.3, 0.4) is 0 Å². The minimum Gasteiger partial charge on any atom is -0.341 e. The number of nitrogens with zero attached hydrogens (tertiary/aromatic N) is 1. The topological polar surface area (TPSA) is 66.5 Å². The van der Waals surface area contributed by atoms with E-state index in [9.17, 15) is 26.4 Å². The van der Waals surface area contributed by atoms with Gasteiger partial charge in [0.05, 0.1) is 11.8 Å². The molecular formula is C22H23F3N2O3S. The molecule has 0 spiro atoms. The van der Waals surface area contributed by atoms with Crippen LogP contribution in [-0.2, 0) is 14.8 Å². The molecule has 166 valence electrons. The zero-order chi connectivity index (χ0) is 22.3. The third-order valence-corrected chi connectivity index (χ3v) is 6.64. The summed E-state index contributed by atoms with van der Waals surface area (Å²) in [7, 11) is -3.39. The molecule has 3 atom stereocenters. The molecule has 5 nitrogen and oxygen atoms in total. The van der Waals surface area contributed by atoms with Gasteiger partial charge in [-0.2, -0.15) is 0 Å². The second-order valence-corrected chi connectivity index (χ2v) is 10.0. The lowest BCUT2D eigenvalue weighted by Gasteiger charge is -2.33. The molecule has 1 saturated carbocycles. The van der Waals surface area contributed by atoms with Crippen LogP contribution >= 0.6 is 0 Å². The smallest absolute Gasteiger partial charge is 0.226 e. The van der Waals surface area contributed by atoms with E-state index in [0.29, 0.717) is 25.8 Å². The summed E-state index contributed by atoms with van der Waals surface area (Å²) < 4.78 is 69.0. The number of sulfonamides is 1. The van der Waals surface area contributed by atoms with E-state index in [0.717, 1.165) is 18.4 Å². The van der Waals surface area contributed by atoms with Crippen LogP contribution in [-0.4, -0.2) is 44.6 Å². The molecular weight excluding hydrogens is 429 g/mol. The fraction of sp³-hybridized carbons (Fsp3) is 0.409. The number of rotatable bonds is 5. The summed E-state index contributed by atoms with van der Waals surface area (Å²) in [6.07, 6.45) is 2.74. The van der Waals surface area contributed by atoms with Crippen LogP contribution in [0.1, 0.15) is 30.7 Å². The van der Waals surface area contributed by atoms with Crippen molar-refractivity contribution in [2.45, 2.75) is 31.2 Å². The van der Waals surface area contributed by atoms with Crippen molar-refractivity contribution in [2.24, 2.45) is 5.92 Å². The third-order valence-electron chi connectivity index (χ3n) is 5.88. The molecule has 2 aromatic carbocycles. The van der Waals surface area contributed by atoms with Gasteiger partial charge in [0, 0.05) is 25.0 Å². The van der Waals surface area contributed by atoms with E-state index >= 15 is 0 Å². The number of amides is 1. The molecule has 2 aliphatic rings. The van der Waals surface area contributed by atoms with Gasteiger partial charge in [-0.15, -0.1) is 0 Å². The van der Waals surface area contributed by atoms with E-state index in [1.165, 1.54) is 24.3 Å². The molecule has 1 saturated heterocycles. The lowest BCUT2D eigenvalue weighted by Crippen LogP contribution is -2.49. The monoisotopic (exact) mass is 452 g/mol. The van der Waals surface area contributed by atoms with E-state index < -0.39 is 39.3 Å². The summed E-state index contributed by atoms with van der Waals surface area (Å²) in [6, 6.07) is 7.20. The first-order valence-corrected chi connectivity index (χ1v) is 12.0. The molecule has 0 unspecified atom stereocenters. The molecule has 4 rings (SSSR count). The zero-order valence-electron chi connectivity index (χ0n) is 16.9. The molecule has 0 bridgehead atoms. The van der Waals surface area contributed by atoms with Gasteiger partial charge in [-0.05, 0) is 54.5 Å². The van der Waals surface area contributed by atoms with E-state index in [-0.39, 0.29) is 35.2 Å². The number of halogens is 3. The SMILES string of the molecule is CS(=O)(=O)N[C@@H]1CCCN(C(=O)[C@@H]2C[C@H]2c2c(F)cccc2-c2c(F)cccc2F)C1. The van der Waals surface area contributed by atoms with Crippen molar-refractivity contribution in [1.29, 1.82) is 0 Å². The normalized spacial score (nSPS) is 23.6. The fourth-order valence-electron chi connectivity index (χ4n) is 4.48. The molecule has 2 aromatic rings. The van der Waals surface area contributed by atoms with Crippen molar-refractivity contribution >= 4 is 15.9 Å². The molecule has 31 heavy (non-hydrogen) atoms. The molecule has 2 fully saturated rings. The molecule has 9 heteroatoms. The number of likely N-dealkylation sites (tertiary alicyclic amines) is 1. The van der Waals surface area contributed by atoms with Crippen molar-refractivity contribution < 1.29 is 26.4 Å². The van der Waals surface area contributed by atoms with Crippen LogP contribution in [0.2, 0.25) is 0 Å². The summed E-state index contributed by atoms with van der Waals surface area (Å²) in [5.41, 5.74) is -0.0377. The van der Waals surface area contributed by atoms with Crippen LogP contribution in [0.4, 0.5) is 13.2 Å². The number of carbonyl (C=O) groups is 1. The Balaban J connectivity index is 1.57. The van der Waals surface area contributed by atoms with Crippen molar-refractivity contribution in [3.05, 3.63) is 59.4 Å². The van der Waals surface area contributed by atoms with Crippen LogP contribution < -0.4 is 4.72 Å². The minimum absolute atomic E-state index is 0.117. The predicted molar refractivity (Wildman–Crippen MR) is 110 cm³/mol. The van der Waals surface area contributed by atoms with E-state index in [1.54, 1.807) is 4.90 Å². The van der Waals surface area contributed by atoms with Crippen molar-refractivity contribution in [3.8, 4) is 11.1 Å². The molecule has 1 amide bonds. The van der Waals surface area contributed by atoms with Crippen molar-refractivity contribution in [1.82, 2.24) is 9.62 Å². The first-order valence-electron chi connectivity index (χ1n) is 10.1. The largest absolute Gasteiger partial charge is 0.341 e. The summed E-state index contributed by atoms with van der Waals surface area (Å²) in [4.78, 5) is 14.6. The maximum Gasteiger partial charge on any atom is 0.226 e. The molecule has 1 aliphatic heterocycles. The van der Waals surface area contributed by atoms with Gasteiger partial charge >= 0.3 is 0 Å². The Morgan fingerprint density at radius 3 is 2.39 bits per heavy atom. The first-order chi connectivity index (χ1) is 14.7. The quantitative estimate of drug-likeness (QED) is 0.756. The maximum atomic E-state index is 14.8. The highest BCUT2D eigenvalue weighted by Gasteiger charge is 2.48. The minimum atomic E-state index is -3.39. The van der Waals surface area contributed by atoms with Gasteiger partial charge in [-0.25, -0.2) is 26.3 Å². The summed E-state index contributed by atoms with van der Waals surface area (Å²) in [5.74, 6) is -3.35. The molecule has 1 aliphatic carbocycles. The van der Waals surface area contributed by atoms with Gasteiger partial charge in [0.15, 0.2) is 0 Å². The molecule has 0 aromatic heterocycles. The van der Waals surface area contributed by atoms with Gasteiger partial charge in [0.2, 0.25) is 15.9 Å². The molecule has 1 heterocycles. The molecule has 0 radical (unpaired) electrons. The highest BCUT2D eigenvalue weighted by molar-refractivity contribution is 7.88. The number of piperidine rings is 1. The van der Waals surface area contributed by atoms with E-state index in [1.807, 2.05) is 0 Å². The third kappa shape index (κ3) is 4.62. The van der Waals surface area contributed by atoms with Gasteiger partial charge in [-0.3, -0.25) is 4.79 Å². The summed E-state index contributed by atoms with van der Waals surface area (Å²) >= 11 is 0. The second-order valence-electron chi connectivity index (χ2n) is 8.26. The Morgan fingerprint density at radius 1 is 1.06 bits per heavy atom. The Bertz CT molecular complexity index is 1100. The van der Waals surface area contributed by atoms with Crippen LogP contribution in [0.5, 0.6) is 0 Å². The Labute approximate surface area is 179 Å². The Hall–Kier alpha value is -2.39. The molecule has 1 N–H and O–H groups in total. The lowest BCUT2D eigenvalue weighted by atomic mass is 9.94. The first kappa shape index (κ1) is 21.8. The van der Waals surface area contributed by atoms with Crippen molar-refractivity contribution in [3.63, 3.8) is 0 Å². The van der Waals surface area contributed by atoms with Gasteiger partial charge in [0.25, 0.3) is 0 Å². The number of carbonyl (C=O) groups excluding carboxylic acids is 1. The van der Waals surface area contributed by atoms with Crippen LogP contribution in [0, 0.1) is 23.4 Å². The Morgan fingerprint density at radius 2 is 1.71 bits per heavy atom. The maximum absolute atomic E-state index is 14.8. The Kier molecular flexibility index (Phi) is 5.83. The summed E-state index contributed by atoms with van der Waals surface area (Å²) in [6.45, 7) is 0.747. The number of hydrogen-bond donors (Lipinski definition) is 1. The standard InChI is InChI=1S/C22H23F3N2O3S/c1-31(29,30)26-13-5-4-10-27(12-13)22(28)16-11-15(16)20-14(6-2-7-17(20)23)21-18(24)8-3-9-19(21)25/h2-3,6-9,13,15-16,26H,4-5,10-12H2,1H3/t13-,15-,16-/m1/s1. The fourth-order valence-corrected chi connectivity index (χ4v) is 5.28. The number of benzene rings is 2. The highest BCUT2D eigenvalue weighted by atomic mass is 32.2. The zero-order valence-corrected chi connectivity index (χ0v) is 17.8. The lowest BCUT2D eigenvalue weighted by molar-refractivity contribution is -0.133. The predicted octanol–water partition coefficient (Wildman–Crippen LogP) is 3.41. The van der Waals surface area contributed by atoms with Gasteiger partial charge in [0.1, 0.15) is 17.5 Å². The number of hydrogen-bond acceptors (Lipinski definition) is 3. The van der Waals surface area contributed by atoms with Gasteiger partial charge in [-0.1, -0.05) is 18.2 Å². The van der Waals surface area contributed by atoms with Gasteiger partial charge < -0.3 is 4.90 Å². The van der Waals surface area contributed by atoms with E-state index in [2.05, 4.69) is 4.72 Å². The number of nitrogens with one attached hydrogen (secondary N) is 1. The second kappa shape index (κ2) is 8.27. The van der Waals surface area contributed by atoms with E-state index in [4.69, 9.17) is 0 Å².